The number of carbonyl (C=O) groups excluding carboxylic acids is 2. The Kier molecular flexibility index (Phi) is 11.0. The predicted molar refractivity (Wildman–Crippen MR) is 187 cm³/mol. The molecule has 1 amide bonds. The first kappa shape index (κ1) is 37.4. The van der Waals surface area contributed by atoms with Crippen molar-refractivity contribution in [3.8, 4) is 0 Å². The maximum absolute atomic E-state index is 13.2. The topological polar surface area (TPSA) is 210 Å². The fraction of sp³-hybridized carbons (Fsp3) is 0.784. The number of benzene rings is 1. The zero-order chi connectivity index (χ0) is 36.7. The van der Waals surface area contributed by atoms with Gasteiger partial charge in [-0.3, -0.25) is 14.9 Å². The van der Waals surface area contributed by atoms with Crippen molar-refractivity contribution < 1.29 is 39.2 Å². The Bertz CT molecular complexity index is 1590. The fourth-order valence-electron chi connectivity index (χ4n) is 11.2. The average Bonchev–Trinajstić information content (AvgIpc) is 3.73. The number of anilines is 1. The van der Waals surface area contributed by atoms with Crippen molar-refractivity contribution in [3.05, 3.63) is 22.2 Å². The first-order chi connectivity index (χ1) is 24.3. The number of nitro groups is 1. The number of fused-ring (bicyclic) bond motifs is 6. The van der Waals surface area contributed by atoms with Gasteiger partial charge in [0.2, 0.25) is 11.4 Å². The van der Waals surface area contributed by atoms with Crippen LogP contribution in [0.4, 0.5) is 11.4 Å². The minimum Gasteiger partial charge on any atom is -0.467 e. The summed E-state index contributed by atoms with van der Waals surface area (Å²) in [5, 5.41) is 58.6. The van der Waals surface area contributed by atoms with Gasteiger partial charge in [0.15, 0.2) is 5.52 Å². The molecule has 2 aromatic rings. The Hall–Kier alpha value is -3.36. The molecule has 5 N–H and O–H groups in total. The monoisotopic (exact) mass is 713 g/mol. The molecule has 4 aliphatic carbocycles. The number of aliphatic hydroxyl groups excluding tert-OH is 3. The van der Waals surface area contributed by atoms with E-state index in [4.69, 9.17) is 9.37 Å². The SMILES string of the molecule is COC(=O)[C@H](CCCCNc1ccc([N+](=O)[O-])c2nonc12)NC(=O)CC[C@@H](C)C1CCC2C3C(O)CC4C[C@H](O)CC[C@]4(C)C3C[C@H](O)[C@@]21C. The van der Waals surface area contributed by atoms with Crippen LogP contribution < -0.4 is 10.6 Å². The van der Waals surface area contributed by atoms with Crippen LogP contribution in [0.2, 0.25) is 0 Å². The second-order valence-corrected chi connectivity index (χ2v) is 16.5. The molecular formula is C37H55N5O9. The van der Waals surface area contributed by atoms with E-state index in [1.54, 1.807) is 6.07 Å². The molecular weight excluding hydrogens is 658 g/mol. The van der Waals surface area contributed by atoms with Gasteiger partial charge in [0, 0.05) is 19.0 Å². The fourth-order valence-corrected chi connectivity index (χ4v) is 11.2. The van der Waals surface area contributed by atoms with Crippen LogP contribution in [0.5, 0.6) is 0 Å². The lowest BCUT2D eigenvalue weighted by Gasteiger charge is -2.63. The number of hydrogen-bond acceptors (Lipinski definition) is 12. The maximum Gasteiger partial charge on any atom is 0.328 e. The van der Waals surface area contributed by atoms with E-state index < -0.39 is 29.1 Å². The number of methoxy groups -OCH3 is 1. The van der Waals surface area contributed by atoms with Crippen LogP contribution >= 0.6 is 0 Å². The van der Waals surface area contributed by atoms with Crippen LogP contribution in [0.15, 0.2) is 16.8 Å². The molecule has 0 radical (unpaired) electrons. The van der Waals surface area contributed by atoms with Crippen LogP contribution in [-0.4, -0.2) is 80.4 Å². The molecule has 0 spiro atoms. The van der Waals surface area contributed by atoms with Crippen LogP contribution in [0, 0.1) is 56.5 Å². The Morgan fingerprint density at radius 3 is 2.57 bits per heavy atom. The molecule has 0 aliphatic heterocycles. The molecule has 12 atom stereocenters. The smallest absolute Gasteiger partial charge is 0.328 e. The summed E-state index contributed by atoms with van der Waals surface area (Å²) in [6.45, 7) is 7.21. The van der Waals surface area contributed by atoms with E-state index >= 15 is 0 Å². The molecule has 4 fully saturated rings. The summed E-state index contributed by atoms with van der Waals surface area (Å²) in [7, 11) is 1.30. The van der Waals surface area contributed by atoms with E-state index in [0.29, 0.717) is 44.3 Å². The third kappa shape index (κ3) is 6.95. The minimum absolute atomic E-state index is 0.0231. The van der Waals surface area contributed by atoms with Crippen molar-refractivity contribution in [1.82, 2.24) is 15.6 Å². The zero-order valence-electron chi connectivity index (χ0n) is 30.3. The summed E-state index contributed by atoms with van der Waals surface area (Å²) in [5.74, 6) is 0.529. The van der Waals surface area contributed by atoms with Crippen molar-refractivity contribution in [3.63, 3.8) is 0 Å². The van der Waals surface area contributed by atoms with E-state index in [0.717, 1.165) is 38.5 Å². The van der Waals surface area contributed by atoms with E-state index in [9.17, 15) is 35.0 Å². The molecule has 14 heteroatoms. The Morgan fingerprint density at radius 2 is 1.82 bits per heavy atom. The summed E-state index contributed by atoms with van der Waals surface area (Å²) >= 11 is 0. The molecule has 1 aromatic carbocycles. The summed E-state index contributed by atoms with van der Waals surface area (Å²) in [5.41, 5.74) is 0.368. The van der Waals surface area contributed by atoms with Crippen LogP contribution in [0.3, 0.4) is 0 Å². The number of aliphatic hydroxyl groups is 3. The second kappa shape index (κ2) is 14.9. The summed E-state index contributed by atoms with van der Waals surface area (Å²) in [6.07, 6.45) is 7.06. The number of ether oxygens (including phenoxy) is 1. The highest BCUT2D eigenvalue weighted by atomic mass is 16.6. The van der Waals surface area contributed by atoms with Gasteiger partial charge >= 0.3 is 11.7 Å². The van der Waals surface area contributed by atoms with Crippen molar-refractivity contribution in [2.24, 2.45) is 46.3 Å². The highest BCUT2D eigenvalue weighted by Crippen LogP contribution is 2.68. The lowest BCUT2D eigenvalue weighted by Crippen LogP contribution is -2.62. The number of nitrogens with zero attached hydrogens (tertiary/aromatic N) is 3. The van der Waals surface area contributed by atoms with Crippen LogP contribution in [-0.2, 0) is 14.3 Å². The predicted octanol–water partition coefficient (Wildman–Crippen LogP) is 4.75. The first-order valence-corrected chi connectivity index (χ1v) is 18.8. The minimum atomic E-state index is -0.784. The van der Waals surface area contributed by atoms with Crippen molar-refractivity contribution in [2.75, 3.05) is 19.0 Å². The molecule has 6 rings (SSSR count). The molecule has 0 saturated heterocycles. The lowest BCUT2D eigenvalue weighted by atomic mass is 9.43. The van der Waals surface area contributed by atoms with E-state index in [1.165, 1.54) is 13.2 Å². The van der Waals surface area contributed by atoms with Gasteiger partial charge in [0.1, 0.15) is 6.04 Å². The van der Waals surface area contributed by atoms with Crippen molar-refractivity contribution in [1.29, 1.82) is 0 Å². The summed E-state index contributed by atoms with van der Waals surface area (Å²) in [6, 6.07) is 2.11. The number of carbonyl (C=O) groups is 2. The number of nitro benzene ring substituents is 1. The Morgan fingerprint density at radius 1 is 1.06 bits per heavy atom. The number of unbranched alkanes of at least 4 members (excludes halogenated alkanes) is 1. The van der Waals surface area contributed by atoms with E-state index in [-0.39, 0.29) is 81.5 Å². The van der Waals surface area contributed by atoms with Gasteiger partial charge in [0.05, 0.1) is 36.0 Å². The number of aromatic nitrogens is 2. The van der Waals surface area contributed by atoms with Crippen LogP contribution in [0.25, 0.3) is 11.0 Å². The zero-order valence-corrected chi connectivity index (χ0v) is 30.3. The number of non-ortho nitro benzene ring substituents is 1. The van der Waals surface area contributed by atoms with E-state index in [2.05, 4.69) is 41.7 Å². The summed E-state index contributed by atoms with van der Waals surface area (Å²) in [4.78, 5) is 36.5. The third-order valence-electron chi connectivity index (χ3n) is 14.0. The van der Waals surface area contributed by atoms with Gasteiger partial charge in [-0.25, -0.2) is 9.42 Å². The van der Waals surface area contributed by atoms with Gasteiger partial charge in [-0.2, -0.15) is 0 Å². The molecule has 6 unspecified atom stereocenters. The molecule has 282 valence electrons. The molecule has 14 nitrogen and oxygen atoms in total. The molecule has 1 aromatic heterocycles. The average molecular weight is 714 g/mol. The number of esters is 1. The summed E-state index contributed by atoms with van der Waals surface area (Å²) < 4.78 is 9.70. The quantitative estimate of drug-likeness (QED) is 0.0824. The van der Waals surface area contributed by atoms with Gasteiger partial charge in [-0.15, -0.1) is 0 Å². The standard InChI is InChI=1S/C37H55N5O9/c1-20(23-9-10-24-32-25(19-30(45)37(23,24)3)36(2)15-14-22(43)17-21(36)18-29(32)44)8-13-31(46)39-27(35(47)50-4)7-5-6-16-38-26-11-12-28(42(48)49)34-33(26)40-51-41-34/h11-12,20-25,27,29-30,32,38,43-45H,5-10,13-19H2,1-4H3,(H,39,46)/t20-,21?,22-,23?,24?,25?,27+,29?,30+,32?,36+,37-/m1/s1. The number of nitrogens with one attached hydrogen (secondary N) is 2. The maximum atomic E-state index is 13.2. The van der Waals surface area contributed by atoms with Crippen molar-refractivity contribution >= 4 is 34.3 Å². The first-order valence-electron chi connectivity index (χ1n) is 18.8. The largest absolute Gasteiger partial charge is 0.467 e. The third-order valence-corrected chi connectivity index (χ3v) is 14.0. The van der Waals surface area contributed by atoms with Crippen molar-refractivity contribution in [2.45, 2.75) is 122 Å². The molecule has 4 saturated carbocycles. The molecule has 51 heavy (non-hydrogen) atoms. The normalized spacial score (nSPS) is 35.6. The van der Waals surface area contributed by atoms with Gasteiger partial charge in [0.25, 0.3) is 0 Å². The number of hydrogen-bond donors (Lipinski definition) is 5. The number of rotatable bonds is 13. The highest BCUT2D eigenvalue weighted by Gasteiger charge is 2.65. The number of amides is 1. The van der Waals surface area contributed by atoms with Crippen LogP contribution in [0.1, 0.15) is 97.8 Å². The van der Waals surface area contributed by atoms with E-state index in [1.807, 2.05) is 0 Å². The van der Waals surface area contributed by atoms with Gasteiger partial charge < -0.3 is 30.7 Å². The highest BCUT2D eigenvalue weighted by molar-refractivity contribution is 5.93. The lowest BCUT2D eigenvalue weighted by molar-refractivity contribution is -0.383. The molecule has 4 aliphatic rings. The Labute approximate surface area is 298 Å². The molecule has 0 bridgehead atoms. The molecule has 1 heterocycles. The van der Waals surface area contributed by atoms with Gasteiger partial charge in [-0.05, 0) is 133 Å². The van der Waals surface area contributed by atoms with Gasteiger partial charge in [-0.1, -0.05) is 20.8 Å². The Balaban J connectivity index is 1.00. The second-order valence-electron chi connectivity index (χ2n) is 16.5.